The second kappa shape index (κ2) is 6.33. The Labute approximate surface area is 116 Å². The predicted octanol–water partition coefficient (Wildman–Crippen LogP) is 2.24. The topological polar surface area (TPSA) is 70.1 Å². The van der Waals surface area contributed by atoms with Gasteiger partial charge in [0.15, 0.2) is 0 Å². The number of anilines is 2. The Morgan fingerprint density at radius 1 is 1.50 bits per heavy atom. The summed E-state index contributed by atoms with van der Waals surface area (Å²) in [5, 5.41) is 15.5. The smallest absolute Gasteiger partial charge is 0.224 e. The largest absolute Gasteiger partial charge is 0.396 e. The van der Waals surface area contributed by atoms with Crippen molar-refractivity contribution in [2.45, 2.75) is 31.7 Å². The number of aromatic nitrogens is 2. The molecule has 6 heteroatoms. The Bertz CT molecular complexity index is 402. The molecule has 1 aromatic heterocycles. The van der Waals surface area contributed by atoms with Crippen LogP contribution in [0.25, 0.3) is 0 Å². The van der Waals surface area contributed by atoms with Crippen molar-refractivity contribution in [3.05, 3.63) is 10.7 Å². The van der Waals surface area contributed by atoms with Crippen LogP contribution in [0.4, 0.5) is 11.8 Å². The molecule has 0 aromatic carbocycles. The zero-order valence-corrected chi connectivity index (χ0v) is 12.1. The van der Waals surface area contributed by atoms with Gasteiger partial charge in [-0.05, 0) is 41.1 Å². The number of halogens is 1. The lowest BCUT2D eigenvalue weighted by atomic mass is 10.0. The Kier molecular flexibility index (Phi) is 4.77. The lowest BCUT2D eigenvalue weighted by molar-refractivity contribution is 0.254. The van der Waals surface area contributed by atoms with Crippen LogP contribution in [0.3, 0.4) is 0 Å². The molecular formula is C12H19BrN4O. The maximum Gasteiger partial charge on any atom is 0.224 e. The average Bonchev–Trinajstić information content (AvgIpc) is 2.80. The van der Waals surface area contributed by atoms with Crippen LogP contribution in [0.2, 0.25) is 0 Å². The SMILES string of the molecule is CNc1nc(NC2CCCC2CCO)ncc1Br. The molecule has 1 aliphatic carbocycles. The monoisotopic (exact) mass is 314 g/mol. The lowest BCUT2D eigenvalue weighted by Gasteiger charge is -2.20. The Morgan fingerprint density at radius 2 is 2.33 bits per heavy atom. The van der Waals surface area contributed by atoms with Crippen LogP contribution < -0.4 is 10.6 Å². The van der Waals surface area contributed by atoms with Crippen molar-refractivity contribution < 1.29 is 5.11 Å². The normalized spacial score (nSPS) is 23.1. The van der Waals surface area contributed by atoms with Crippen molar-refractivity contribution in [2.75, 3.05) is 24.3 Å². The number of nitrogens with one attached hydrogen (secondary N) is 2. The van der Waals surface area contributed by atoms with Gasteiger partial charge in [-0.15, -0.1) is 0 Å². The minimum Gasteiger partial charge on any atom is -0.396 e. The number of aliphatic hydroxyl groups excluding tert-OH is 1. The summed E-state index contributed by atoms with van der Waals surface area (Å²) < 4.78 is 0.855. The highest BCUT2D eigenvalue weighted by Gasteiger charge is 2.27. The zero-order chi connectivity index (χ0) is 13.0. The molecule has 1 aromatic rings. The molecule has 1 heterocycles. The van der Waals surface area contributed by atoms with Crippen LogP contribution in [0.15, 0.2) is 10.7 Å². The van der Waals surface area contributed by atoms with Gasteiger partial charge >= 0.3 is 0 Å². The summed E-state index contributed by atoms with van der Waals surface area (Å²) >= 11 is 3.39. The summed E-state index contributed by atoms with van der Waals surface area (Å²) in [6.07, 6.45) is 6.11. The van der Waals surface area contributed by atoms with E-state index < -0.39 is 0 Å². The number of nitrogens with zero attached hydrogens (tertiary/aromatic N) is 2. The van der Waals surface area contributed by atoms with Gasteiger partial charge in [0.05, 0.1) is 4.47 Å². The van der Waals surface area contributed by atoms with Gasteiger partial charge < -0.3 is 15.7 Å². The van der Waals surface area contributed by atoms with Gasteiger partial charge in [-0.3, -0.25) is 0 Å². The van der Waals surface area contributed by atoms with Gasteiger partial charge in [-0.2, -0.15) is 4.98 Å². The Balaban J connectivity index is 2.04. The van der Waals surface area contributed by atoms with Crippen LogP contribution in [-0.4, -0.2) is 34.8 Å². The van der Waals surface area contributed by atoms with Crippen LogP contribution in [0, 0.1) is 5.92 Å². The molecule has 1 aliphatic rings. The third-order valence-electron chi connectivity index (χ3n) is 3.45. The zero-order valence-electron chi connectivity index (χ0n) is 10.5. The predicted molar refractivity (Wildman–Crippen MR) is 75.7 cm³/mol. The summed E-state index contributed by atoms with van der Waals surface area (Å²) in [6.45, 7) is 0.256. The molecule has 0 aliphatic heterocycles. The quantitative estimate of drug-likeness (QED) is 0.777. The maximum atomic E-state index is 9.05. The van der Waals surface area contributed by atoms with Crippen molar-refractivity contribution in [3.63, 3.8) is 0 Å². The summed E-state index contributed by atoms with van der Waals surface area (Å²) in [6, 6.07) is 0.378. The summed E-state index contributed by atoms with van der Waals surface area (Å²) in [7, 11) is 1.83. The highest BCUT2D eigenvalue weighted by Crippen LogP contribution is 2.30. The summed E-state index contributed by atoms with van der Waals surface area (Å²) in [5.41, 5.74) is 0. The minimum absolute atomic E-state index is 0.256. The van der Waals surface area contributed by atoms with Crippen molar-refractivity contribution in [1.29, 1.82) is 0 Å². The first-order valence-electron chi connectivity index (χ1n) is 6.32. The highest BCUT2D eigenvalue weighted by atomic mass is 79.9. The van der Waals surface area contributed by atoms with Gasteiger partial charge in [0, 0.05) is 25.9 Å². The molecule has 5 nitrogen and oxygen atoms in total. The molecule has 0 saturated heterocycles. The van der Waals surface area contributed by atoms with Crippen LogP contribution in [-0.2, 0) is 0 Å². The fourth-order valence-corrected chi connectivity index (χ4v) is 2.91. The van der Waals surface area contributed by atoms with Crippen LogP contribution in [0.1, 0.15) is 25.7 Å². The lowest BCUT2D eigenvalue weighted by Crippen LogP contribution is -2.26. The first-order valence-corrected chi connectivity index (χ1v) is 7.11. The van der Waals surface area contributed by atoms with Crippen LogP contribution >= 0.6 is 15.9 Å². The van der Waals surface area contributed by atoms with E-state index in [2.05, 4.69) is 36.5 Å². The molecule has 2 unspecified atom stereocenters. The molecule has 0 radical (unpaired) electrons. The van der Waals surface area contributed by atoms with E-state index in [4.69, 9.17) is 5.11 Å². The average molecular weight is 315 g/mol. The number of aliphatic hydroxyl groups is 1. The van der Waals surface area contributed by atoms with Crippen molar-refractivity contribution >= 4 is 27.7 Å². The fourth-order valence-electron chi connectivity index (χ4n) is 2.52. The second-order valence-corrected chi connectivity index (χ2v) is 5.45. The van der Waals surface area contributed by atoms with E-state index in [9.17, 15) is 0 Å². The molecule has 2 rings (SSSR count). The number of hydrogen-bond donors (Lipinski definition) is 3. The first kappa shape index (κ1) is 13.5. The molecule has 0 bridgehead atoms. The molecule has 100 valence electrons. The Hall–Kier alpha value is -0.880. The molecular weight excluding hydrogens is 296 g/mol. The minimum atomic E-state index is 0.256. The van der Waals surface area contributed by atoms with E-state index in [1.807, 2.05) is 7.05 Å². The highest BCUT2D eigenvalue weighted by molar-refractivity contribution is 9.10. The Morgan fingerprint density at radius 3 is 3.06 bits per heavy atom. The summed E-state index contributed by atoms with van der Waals surface area (Å²) in [5.74, 6) is 1.96. The van der Waals surface area contributed by atoms with Crippen LogP contribution in [0.5, 0.6) is 0 Å². The van der Waals surface area contributed by atoms with Gasteiger partial charge in [0.25, 0.3) is 0 Å². The van der Waals surface area contributed by atoms with Crippen molar-refractivity contribution in [2.24, 2.45) is 5.92 Å². The maximum absolute atomic E-state index is 9.05. The second-order valence-electron chi connectivity index (χ2n) is 4.59. The van der Waals surface area contributed by atoms with E-state index in [1.54, 1.807) is 6.20 Å². The molecule has 2 atom stereocenters. The third-order valence-corrected chi connectivity index (χ3v) is 4.03. The molecule has 3 N–H and O–H groups in total. The fraction of sp³-hybridized carbons (Fsp3) is 0.667. The van der Waals surface area contributed by atoms with Gasteiger partial charge in [-0.1, -0.05) is 6.42 Å². The van der Waals surface area contributed by atoms with E-state index >= 15 is 0 Å². The van der Waals surface area contributed by atoms with Crippen molar-refractivity contribution in [1.82, 2.24) is 9.97 Å². The standard InChI is InChI=1S/C12H19BrN4O/c1-14-11-9(13)7-15-12(17-11)16-10-4-2-3-8(10)5-6-18/h7-8,10,18H,2-6H2,1H3,(H2,14,15,16,17). The van der Waals surface area contributed by atoms with Gasteiger partial charge in [0.1, 0.15) is 5.82 Å². The molecule has 0 spiro atoms. The van der Waals surface area contributed by atoms with E-state index in [0.717, 1.165) is 23.1 Å². The molecule has 0 amide bonds. The van der Waals surface area contributed by atoms with Gasteiger partial charge in [0.2, 0.25) is 5.95 Å². The summed E-state index contributed by atoms with van der Waals surface area (Å²) in [4.78, 5) is 8.68. The van der Waals surface area contributed by atoms with Gasteiger partial charge in [-0.25, -0.2) is 4.98 Å². The number of hydrogen-bond acceptors (Lipinski definition) is 5. The van der Waals surface area contributed by atoms with E-state index in [0.29, 0.717) is 17.9 Å². The first-order chi connectivity index (χ1) is 8.74. The number of rotatable bonds is 5. The third kappa shape index (κ3) is 3.11. The van der Waals surface area contributed by atoms with E-state index in [-0.39, 0.29) is 6.61 Å². The van der Waals surface area contributed by atoms with Crippen molar-refractivity contribution in [3.8, 4) is 0 Å². The molecule has 1 saturated carbocycles. The molecule has 18 heavy (non-hydrogen) atoms. The molecule has 1 fully saturated rings. The van der Waals surface area contributed by atoms with E-state index in [1.165, 1.54) is 12.8 Å².